The third kappa shape index (κ3) is 0.798. The van der Waals surface area contributed by atoms with Crippen molar-refractivity contribution in [1.82, 2.24) is 4.90 Å². The molecule has 0 aromatic rings. The maximum Gasteiger partial charge on any atom is 0.0333 e. The molecule has 2 saturated carbocycles. The molecule has 3 fully saturated rings. The molecule has 2 nitrogen and oxygen atoms in total. The Labute approximate surface area is 67.7 Å². The molecular formula is C9H16N2. The van der Waals surface area contributed by atoms with Gasteiger partial charge in [-0.2, -0.15) is 0 Å². The average Bonchev–Trinajstić information content (AvgIpc) is 2.92. The van der Waals surface area contributed by atoms with Crippen LogP contribution >= 0.6 is 0 Å². The lowest BCUT2D eigenvalue weighted by atomic mass is 10.2. The van der Waals surface area contributed by atoms with Crippen molar-refractivity contribution >= 4 is 0 Å². The maximum atomic E-state index is 5.77. The van der Waals surface area contributed by atoms with Crippen molar-refractivity contribution in [2.45, 2.75) is 24.8 Å². The first-order valence-corrected chi connectivity index (χ1v) is 4.79. The van der Waals surface area contributed by atoms with Crippen LogP contribution in [0.2, 0.25) is 0 Å². The quantitative estimate of drug-likeness (QED) is 0.621. The maximum absolute atomic E-state index is 5.77. The van der Waals surface area contributed by atoms with E-state index in [2.05, 4.69) is 4.90 Å². The fraction of sp³-hybridized carbons (Fsp3) is 1.00. The predicted molar refractivity (Wildman–Crippen MR) is 44.2 cm³/mol. The molecule has 0 bridgehead atoms. The zero-order valence-corrected chi connectivity index (χ0v) is 6.92. The van der Waals surface area contributed by atoms with Crippen LogP contribution in [0.1, 0.15) is 19.3 Å². The first kappa shape index (κ1) is 6.44. The normalized spacial score (nSPS) is 45.5. The summed E-state index contributed by atoms with van der Waals surface area (Å²) in [6, 6.07) is 0. The van der Waals surface area contributed by atoms with Gasteiger partial charge in [-0.15, -0.1) is 0 Å². The summed E-state index contributed by atoms with van der Waals surface area (Å²) in [6.07, 6.45) is 4.24. The van der Waals surface area contributed by atoms with Gasteiger partial charge in [-0.3, -0.25) is 4.90 Å². The van der Waals surface area contributed by atoms with Gasteiger partial charge in [0.2, 0.25) is 0 Å². The zero-order valence-electron chi connectivity index (χ0n) is 6.92. The predicted octanol–water partition coefficient (Wildman–Crippen LogP) is 0.429. The Morgan fingerprint density at radius 1 is 1.27 bits per heavy atom. The van der Waals surface area contributed by atoms with E-state index in [9.17, 15) is 0 Å². The van der Waals surface area contributed by atoms with Crippen LogP contribution in [-0.2, 0) is 0 Å². The third-order valence-electron chi connectivity index (χ3n) is 3.86. The molecule has 0 spiro atoms. The van der Waals surface area contributed by atoms with E-state index >= 15 is 0 Å². The highest BCUT2D eigenvalue weighted by molar-refractivity contribution is 5.11. The van der Waals surface area contributed by atoms with E-state index in [1.54, 1.807) is 0 Å². The number of piperidine rings is 1. The molecule has 0 aromatic carbocycles. The van der Waals surface area contributed by atoms with Gasteiger partial charge in [0.15, 0.2) is 0 Å². The second kappa shape index (κ2) is 1.80. The molecular weight excluding hydrogens is 136 g/mol. The molecule has 1 saturated heterocycles. The van der Waals surface area contributed by atoms with Crippen molar-refractivity contribution in [3.05, 3.63) is 0 Å². The highest BCUT2D eigenvalue weighted by Crippen LogP contribution is 2.52. The van der Waals surface area contributed by atoms with Crippen LogP contribution in [0.15, 0.2) is 0 Å². The van der Waals surface area contributed by atoms with Crippen molar-refractivity contribution in [3.8, 4) is 0 Å². The van der Waals surface area contributed by atoms with Gasteiger partial charge in [-0.25, -0.2) is 0 Å². The van der Waals surface area contributed by atoms with E-state index in [0.717, 1.165) is 18.4 Å². The lowest BCUT2D eigenvalue weighted by Crippen LogP contribution is -2.42. The topological polar surface area (TPSA) is 29.3 Å². The molecule has 0 aromatic heterocycles. The number of nitrogens with two attached hydrogens (primary N) is 1. The van der Waals surface area contributed by atoms with Crippen LogP contribution in [0.3, 0.4) is 0 Å². The molecule has 62 valence electrons. The number of hydrogen-bond donors (Lipinski definition) is 1. The first-order chi connectivity index (χ1) is 5.34. The van der Waals surface area contributed by atoms with Gasteiger partial charge < -0.3 is 5.73 Å². The summed E-state index contributed by atoms with van der Waals surface area (Å²) >= 11 is 0. The van der Waals surface area contributed by atoms with Gasteiger partial charge in [0.1, 0.15) is 0 Å². The van der Waals surface area contributed by atoms with Crippen molar-refractivity contribution in [3.63, 3.8) is 0 Å². The number of fused-ring (bicyclic) bond motifs is 1. The Balaban J connectivity index is 1.71. The summed E-state index contributed by atoms with van der Waals surface area (Å²) in [4.78, 5) is 2.66. The van der Waals surface area contributed by atoms with Gasteiger partial charge in [-0.05, 0) is 31.1 Å². The molecule has 0 amide bonds. The largest absolute Gasteiger partial charge is 0.329 e. The second-order valence-corrected chi connectivity index (χ2v) is 4.59. The lowest BCUT2D eigenvalue weighted by molar-refractivity contribution is 0.204. The summed E-state index contributed by atoms with van der Waals surface area (Å²) in [6.45, 7) is 3.62. The second-order valence-electron chi connectivity index (χ2n) is 4.59. The molecule has 2 aliphatic carbocycles. The SMILES string of the molecule is NCC1(N2CC3CC3C2)CC1. The van der Waals surface area contributed by atoms with Gasteiger partial charge in [0.05, 0.1) is 0 Å². The van der Waals surface area contributed by atoms with Crippen LogP contribution in [0, 0.1) is 11.8 Å². The molecule has 1 heterocycles. The zero-order chi connectivity index (χ0) is 7.47. The summed E-state index contributed by atoms with van der Waals surface area (Å²) in [7, 11) is 0. The Hall–Kier alpha value is -0.0800. The fourth-order valence-corrected chi connectivity index (χ4v) is 2.58. The van der Waals surface area contributed by atoms with Crippen molar-refractivity contribution < 1.29 is 0 Å². The Morgan fingerprint density at radius 3 is 2.36 bits per heavy atom. The van der Waals surface area contributed by atoms with E-state index in [-0.39, 0.29) is 0 Å². The first-order valence-electron chi connectivity index (χ1n) is 4.79. The van der Waals surface area contributed by atoms with E-state index in [4.69, 9.17) is 5.73 Å². The van der Waals surface area contributed by atoms with E-state index in [0.29, 0.717) is 5.54 Å². The molecule has 3 aliphatic rings. The average molecular weight is 152 g/mol. The van der Waals surface area contributed by atoms with Crippen LogP contribution in [0.5, 0.6) is 0 Å². The molecule has 3 rings (SSSR count). The minimum atomic E-state index is 0.493. The molecule has 11 heavy (non-hydrogen) atoms. The molecule has 2 heteroatoms. The number of nitrogens with zero attached hydrogens (tertiary/aromatic N) is 1. The van der Waals surface area contributed by atoms with Gasteiger partial charge >= 0.3 is 0 Å². The standard InChI is InChI=1S/C9H16N2/c10-6-9(1-2-9)11-4-7-3-8(7)5-11/h7-8H,1-6,10H2. The van der Waals surface area contributed by atoms with Crippen molar-refractivity contribution in [2.75, 3.05) is 19.6 Å². The number of hydrogen-bond acceptors (Lipinski definition) is 2. The highest BCUT2D eigenvalue weighted by Gasteiger charge is 2.55. The monoisotopic (exact) mass is 152 g/mol. The molecule has 1 aliphatic heterocycles. The van der Waals surface area contributed by atoms with Gasteiger partial charge in [0, 0.05) is 25.2 Å². The molecule has 2 unspecified atom stereocenters. The van der Waals surface area contributed by atoms with E-state index in [1.165, 1.54) is 32.4 Å². The van der Waals surface area contributed by atoms with E-state index < -0.39 is 0 Å². The van der Waals surface area contributed by atoms with Crippen LogP contribution in [-0.4, -0.2) is 30.1 Å². The Morgan fingerprint density at radius 2 is 1.91 bits per heavy atom. The van der Waals surface area contributed by atoms with Gasteiger partial charge in [-0.1, -0.05) is 0 Å². The Kier molecular flexibility index (Phi) is 1.06. The number of likely N-dealkylation sites (tertiary alicyclic amines) is 1. The van der Waals surface area contributed by atoms with Gasteiger partial charge in [0.25, 0.3) is 0 Å². The summed E-state index contributed by atoms with van der Waals surface area (Å²) in [5.74, 6) is 2.14. The third-order valence-corrected chi connectivity index (χ3v) is 3.86. The lowest BCUT2D eigenvalue weighted by Gasteiger charge is -2.27. The summed E-state index contributed by atoms with van der Waals surface area (Å²) in [5, 5.41) is 0. The Bertz CT molecular complexity index is 176. The smallest absolute Gasteiger partial charge is 0.0333 e. The highest BCUT2D eigenvalue weighted by atomic mass is 15.3. The summed E-state index contributed by atoms with van der Waals surface area (Å²) in [5.41, 5.74) is 6.26. The van der Waals surface area contributed by atoms with Crippen LogP contribution in [0.4, 0.5) is 0 Å². The van der Waals surface area contributed by atoms with E-state index in [1.807, 2.05) is 0 Å². The minimum absolute atomic E-state index is 0.493. The molecule has 2 atom stereocenters. The van der Waals surface area contributed by atoms with Crippen molar-refractivity contribution in [2.24, 2.45) is 17.6 Å². The molecule has 0 radical (unpaired) electrons. The summed E-state index contributed by atoms with van der Waals surface area (Å²) < 4.78 is 0. The molecule has 2 N–H and O–H groups in total. The van der Waals surface area contributed by atoms with Crippen LogP contribution < -0.4 is 5.73 Å². The minimum Gasteiger partial charge on any atom is -0.329 e. The number of rotatable bonds is 2. The van der Waals surface area contributed by atoms with Crippen molar-refractivity contribution in [1.29, 1.82) is 0 Å². The fourth-order valence-electron chi connectivity index (χ4n) is 2.58. The van der Waals surface area contributed by atoms with Crippen LogP contribution in [0.25, 0.3) is 0 Å².